The Morgan fingerprint density at radius 2 is 2.12 bits per heavy atom. The monoisotopic (exact) mass is 374 g/mol. The maximum atomic E-state index is 12.1. The molecule has 0 aliphatic rings. The lowest BCUT2D eigenvalue weighted by Gasteiger charge is -2.12. The molecular weight excluding hydrogens is 348 g/mol. The van der Waals surface area contributed by atoms with Crippen molar-refractivity contribution in [3.8, 4) is 17.1 Å². The lowest BCUT2D eigenvalue weighted by atomic mass is 10.2. The molecule has 0 saturated heterocycles. The van der Waals surface area contributed by atoms with E-state index in [1.54, 1.807) is 13.2 Å². The lowest BCUT2D eigenvalue weighted by molar-refractivity contribution is -0.119. The Morgan fingerprint density at radius 1 is 1.38 bits per heavy atom. The summed E-state index contributed by atoms with van der Waals surface area (Å²) in [5, 5.41) is 12.3. The number of nitrogens with one attached hydrogen (secondary N) is 1. The van der Waals surface area contributed by atoms with Gasteiger partial charge in [0, 0.05) is 18.2 Å². The number of carbonyl (C=O) groups is 1. The van der Waals surface area contributed by atoms with Crippen LogP contribution in [0.25, 0.3) is 11.4 Å². The quantitative estimate of drug-likeness (QED) is 0.509. The molecule has 1 heterocycles. The third kappa shape index (κ3) is 5.36. The zero-order valence-electron chi connectivity index (χ0n) is 15.6. The number of allylic oxidation sites excluding steroid dienone is 1. The van der Waals surface area contributed by atoms with E-state index in [1.165, 1.54) is 11.8 Å². The standard InChI is InChI=1S/C19H26N4O2S/c1-5-7-14(3)20-17(24)13-26-19-22-21-18(23(19)12-6-2)15-8-10-16(25-4)11-9-15/h6,8-11,14H,2,5,7,12-13H2,1,3-4H3,(H,20,24)/t14-/m1/s1. The van der Waals surface area contributed by atoms with E-state index in [2.05, 4.69) is 29.0 Å². The van der Waals surface area contributed by atoms with Gasteiger partial charge in [0.1, 0.15) is 5.75 Å². The van der Waals surface area contributed by atoms with Crippen LogP contribution in [0.2, 0.25) is 0 Å². The molecule has 0 spiro atoms. The van der Waals surface area contributed by atoms with Crippen LogP contribution < -0.4 is 10.1 Å². The minimum Gasteiger partial charge on any atom is -0.497 e. The molecule has 1 amide bonds. The number of rotatable bonds is 10. The number of carbonyl (C=O) groups excluding carboxylic acids is 1. The molecule has 0 aliphatic heterocycles. The smallest absolute Gasteiger partial charge is 0.230 e. The van der Waals surface area contributed by atoms with Crippen LogP contribution in [0.3, 0.4) is 0 Å². The minimum atomic E-state index is 0.00935. The largest absolute Gasteiger partial charge is 0.497 e. The first-order valence-corrected chi connectivity index (χ1v) is 9.68. The van der Waals surface area contributed by atoms with Crippen LogP contribution in [-0.4, -0.2) is 39.6 Å². The molecular formula is C19H26N4O2S. The van der Waals surface area contributed by atoms with Gasteiger partial charge in [0.2, 0.25) is 5.91 Å². The van der Waals surface area contributed by atoms with Crippen molar-refractivity contribution in [2.24, 2.45) is 0 Å². The van der Waals surface area contributed by atoms with E-state index in [4.69, 9.17) is 4.74 Å². The zero-order chi connectivity index (χ0) is 18.9. The van der Waals surface area contributed by atoms with E-state index in [9.17, 15) is 4.79 Å². The molecule has 0 fully saturated rings. The van der Waals surface area contributed by atoms with Crippen molar-refractivity contribution in [2.45, 2.75) is 44.4 Å². The highest BCUT2D eigenvalue weighted by molar-refractivity contribution is 7.99. The summed E-state index contributed by atoms with van der Waals surface area (Å²) in [4.78, 5) is 12.1. The van der Waals surface area contributed by atoms with Crippen LogP contribution in [0.4, 0.5) is 0 Å². The summed E-state index contributed by atoms with van der Waals surface area (Å²) < 4.78 is 7.15. The highest BCUT2D eigenvalue weighted by Gasteiger charge is 2.15. The van der Waals surface area contributed by atoms with Crippen molar-refractivity contribution in [1.29, 1.82) is 0 Å². The van der Waals surface area contributed by atoms with Crippen LogP contribution in [-0.2, 0) is 11.3 Å². The van der Waals surface area contributed by atoms with Gasteiger partial charge in [0.15, 0.2) is 11.0 Å². The summed E-state index contributed by atoms with van der Waals surface area (Å²) in [5.74, 6) is 1.85. The third-order valence-electron chi connectivity index (χ3n) is 3.84. The Morgan fingerprint density at radius 3 is 2.73 bits per heavy atom. The van der Waals surface area contributed by atoms with Gasteiger partial charge in [0.05, 0.1) is 12.9 Å². The molecule has 2 aromatic rings. The summed E-state index contributed by atoms with van der Waals surface area (Å²) in [6.07, 6.45) is 3.82. The SMILES string of the molecule is C=CCn1c(SCC(=O)N[C@H](C)CCC)nnc1-c1ccc(OC)cc1. The number of hydrogen-bond donors (Lipinski definition) is 1. The van der Waals surface area contributed by atoms with Gasteiger partial charge in [-0.2, -0.15) is 0 Å². The highest BCUT2D eigenvalue weighted by atomic mass is 32.2. The number of thioether (sulfide) groups is 1. The Balaban J connectivity index is 2.10. The van der Waals surface area contributed by atoms with E-state index in [0.717, 1.165) is 30.0 Å². The molecule has 1 aromatic carbocycles. The molecule has 140 valence electrons. The predicted octanol–water partition coefficient (Wildman–Crippen LogP) is 3.54. The molecule has 0 unspecified atom stereocenters. The first-order valence-electron chi connectivity index (χ1n) is 8.69. The second-order valence-corrected chi connectivity index (χ2v) is 6.92. The molecule has 1 atom stereocenters. The van der Waals surface area contributed by atoms with Crippen molar-refractivity contribution < 1.29 is 9.53 Å². The zero-order valence-corrected chi connectivity index (χ0v) is 16.4. The molecule has 0 aliphatic carbocycles. The van der Waals surface area contributed by atoms with Crippen molar-refractivity contribution in [2.75, 3.05) is 12.9 Å². The summed E-state index contributed by atoms with van der Waals surface area (Å²) in [5.41, 5.74) is 0.938. The average molecular weight is 375 g/mol. The Bertz CT molecular complexity index is 728. The van der Waals surface area contributed by atoms with E-state index in [-0.39, 0.29) is 11.9 Å². The lowest BCUT2D eigenvalue weighted by Crippen LogP contribution is -2.33. The van der Waals surface area contributed by atoms with Crippen LogP contribution in [0.5, 0.6) is 5.75 Å². The molecule has 6 nitrogen and oxygen atoms in total. The molecule has 0 radical (unpaired) electrons. The van der Waals surface area contributed by atoms with Gasteiger partial charge >= 0.3 is 0 Å². The Labute approximate surface area is 159 Å². The van der Waals surface area contributed by atoms with Crippen LogP contribution in [0.15, 0.2) is 42.1 Å². The minimum absolute atomic E-state index is 0.00935. The topological polar surface area (TPSA) is 69.0 Å². The fourth-order valence-electron chi connectivity index (χ4n) is 2.59. The highest BCUT2D eigenvalue weighted by Crippen LogP contribution is 2.25. The van der Waals surface area contributed by atoms with Crippen molar-refractivity contribution in [3.05, 3.63) is 36.9 Å². The Kier molecular flexibility index (Phi) is 7.72. The fraction of sp³-hybridized carbons (Fsp3) is 0.421. The molecule has 2 rings (SSSR count). The molecule has 26 heavy (non-hydrogen) atoms. The summed E-state index contributed by atoms with van der Waals surface area (Å²) in [6, 6.07) is 7.84. The number of methoxy groups -OCH3 is 1. The number of ether oxygens (including phenoxy) is 1. The Hall–Kier alpha value is -2.28. The van der Waals surface area contributed by atoms with Crippen LogP contribution >= 0.6 is 11.8 Å². The summed E-state index contributed by atoms with van der Waals surface area (Å²) in [6.45, 7) is 8.51. The van der Waals surface area contributed by atoms with Crippen LogP contribution in [0, 0.1) is 0 Å². The average Bonchev–Trinajstić information content (AvgIpc) is 3.03. The predicted molar refractivity (Wildman–Crippen MR) is 105 cm³/mol. The van der Waals surface area contributed by atoms with E-state index in [0.29, 0.717) is 17.5 Å². The van der Waals surface area contributed by atoms with Gasteiger partial charge in [-0.1, -0.05) is 31.2 Å². The van der Waals surface area contributed by atoms with Gasteiger partial charge in [-0.3, -0.25) is 9.36 Å². The number of amides is 1. The van der Waals surface area contributed by atoms with Gasteiger partial charge in [-0.25, -0.2) is 0 Å². The summed E-state index contributed by atoms with van der Waals surface area (Å²) in [7, 11) is 1.64. The normalized spacial score (nSPS) is 11.8. The van der Waals surface area contributed by atoms with Gasteiger partial charge in [0.25, 0.3) is 0 Å². The molecule has 0 saturated carbocycles. The van der Waals surface area contributed by atoms with E-state index in [1.807, 2.05) is 35.8 Å². The first-order chi connectivity index (χ1) is 12.6. The van der Waals surface area contributed by atoms with Crippen LogP contribution in [0.1, 0.15) is 26.7 Å². The van der Waals surface area contributed by atoms with E-state index < -0.39 is 0 Å². The van der Waals surface area contributed by atoms with Gasteiger partial charge < -0.3 is 10.1 Å². The maximum Gasteiger partial charge on any atom is 0.230 e. The molecule has 1 N–H and O–H groups in total. The van der Waals surface area contributed by atoms with Gasteiger partial charge in [-0.15, -0.1) is 16.8 Å². The number of nitrogens with zero attached hydrogens (tertiary/aromatic N) is 3. The maximum absolute atomic E-state index is 12.1. The summed E-state index contributed by atoms with van der Waals surface area (Å²) >= 11 is 1.38. The fourth-order valence-corrected chi connectivity index (χ4v) is 3.35. The molecule has 0 bridgehead atoms. The number of benzene rings is 1. The second-order valence-electron chi connectivity index (χ2n) is 5.98. The number of aromatic nitrogens is 3. The third-order valence-corrected chi connectivity index (χ3v) is 4.80. The van der Waals surface area contributed by atoms with Gasteiger partial charge in [-0.05, 0) is 37.6 Å². The first kappa shape index (κ1) is 20.0. The van der Waals surface area contributed by atoms with Crippen molar-refractivity contribution in [1.82, 2.24) is 20.1 Å². The number of hydrogen-bond acceptors (Lipinski definition) is 5. The molecule has 7 heteroatoms. The molecule has 1 aromatic heterocycles. The van der Waals surface area contributed by atoms with Crippen molar-refractivity contribution >= 4 is 17.7 Å². The van der Waals surface area contributed by atoms with E-state index >= 15 is 0 Å². The second kappa shape index (κ2) is 10.0. The van der Waals surface area contributed by atoms with Crippen molar-refractivity contribution in [3.63, 3.8) is 0 Å².